The number of nitrogens with zero attached hydrogens (tertiary/aromatic N) is 1. The summed E-state index contributed by atoms with van der Waals surface area (Å²) in [6.45, 7) is 6.91. The van der Waals surface area contributed by atoms with E-state index >= 15 is 0 Å². The lowest BCUT2D eigenvalue weighted by Gasteiger charge is -2.24. The van der Waals surface area contributed by atoms with Crippen molar-refractivity contribution in [2.24, 2.45) is 0 Å². The van der Waals surface area contributed by atoms with Crippen LogP contribution in [0.5, 0.6) is 0 Å². The van der Waals surface area contributed by atoms with Crippen molar-refractivity contribution in [2.45, 2.75) is 104 Å². The van der Waals surface area contributed by atoms with Crippen molar-refractivity contribution in [1.82, 2.24) is 5.01 Å². The molecule has 0 aliphatic carbocycles. The first-order valence-corrected chi connectivity index (χ1v) is 11.4. The summed E-state index contributed by atoms with van der Waals surface area (Å²) in [5.41, 5.74) is 4.86. The van der Waals surface area contributed by atoms with Gasteiger partial charge in [-0.25, -0.2) is 5.01 Å². The van der Waals surface area contributed by atoms with Crippen LogP contribution in [-0.2, 0) is 0 Å². The van der Waals surface area contributed by atoms with E-state index in [1.165, 1.54) is 109 Å². The Hall–Kier alpha value is -1.02. The van der Waals surface area contributed by atoms with Crippen LogP contribution in [0.2, 0.25) is 0 Å². The first-order valence-electron chi connectivity index (χ1n) is 11.4. The van der Waals surface area contributed by atoms with Gasteiger partial charge in [-0.1, -0.05) is 109 Å². The Kier molecular flexibility index (Phi) is 15.4. The van der Waals surface area contributed by atoms with Crippen LogP contribution in [0.25, 0.3) is 0 Å². The number of benzene rings is 1. The molecule has 0 saturated carbocycles. The topological polar surface area (TPSA) is 15.3 Å². The zero-order chi connectivity index (χ0) is 18.7. The molecule has 0 saturated heterocycles. The molecule has 0 radical (unpaired) electrons. The predicted molar refractivity (Wildman–Crippen MR) is 118 cm³/mol. The molecule has 0 atom stereocenters. The summed E-state index contributed by atoms with van der Waals surface area (Å²) >= 11 is 0. The number of nitrogens with one attached hydrogen (secondary N) is 1. The van der Waals surface area contributed by atoms with E-state index in [9.17, 15) is 0 Å². The molecule has 150 valence electrons. The Morgan fingerprint density at radius 3 is 1.46 bits per heavy atom. The van der Waals surface area contributed by atoms with Gasteiger partial charge in [-0.15, -0.1) is 0 Å². The minimum atomic E-state index is 1.17. The zero-order valence-corrected chi connectivity index (χ0v) is 17.6. The third-order valence-corrected chi connectivity index (χ3v) is 5.12. The Morgan fingerprint density at radius 1 is 0.577 bits per heavy atom. The molecule has 0 aliphatic heterocycles. The highest BCUT2D eigenvalue weighted by molar-refractivity contribution is 5.41. The van der Waals surface area contributed by atoms with Crippen molar-refractivity contribution in [2.75, 3.05) is 18.5 Å². The molecule has 0 aromatic heterocycles. The molecule has 0 unspecified atom stereocenters. The number of rotatable bonds is 18. The van der Waals surface area contributed by atoms with Gasteiger partial charge < -0.3 is 5.43 Å². The first kappa shape index (κ1) is 23.0. The minimum absolute atomic E-state index is 1.17. The van der Waals surface area contributed by atoms with E-state index in [4.69, 9.17) is 0 Å². The van der Waals surface area contributed by atoms with Crippen LogP contribution in [0.3, 0.4) is 0 Å². The Bertz CT molecular complexity index is 372. The van der Waals surface area contributed by atoms with Crippen LogP contribution in [0.4, 0.5) is 5.69 Å². The second-order valence-electron chi connectivity index (χ2n) is 7.71. The number of hydrazine groups is 1. The van der Waals surface area contributed by atoms with E-state index < -0.39 is 0 Å². The molecule has 0 fully saturated rings. The number of para-hydroxylation sites is 1. The van der Waals surface area contributed by atoms with E-state index in [1.54, 1.807) is 0 Å². The highest BCUT2D eigenvalue weighted by atomic mass is 15.5. The van der Waals surface area contributed by atoms with E-state index in [0.29, 0.717) is 0 Å². The van der Waals surface area contributed by atoms with Gasteiger partial charge in [0.15, 0.2) is 0 Å². The molecule has 0 amide bonds. The average molecular weight is 361 g/mol. The van der Waals surface area contributed by atoms with Crippen LogP contribution in [0.1, 0.15) is 104 Å². The third-order valence-electron chi connectivity index (χ3n) is 5.12. The molecule has 0 bridgehead atoms. The van der Waals surface area contributed by atoms with E-state index in [1.807, 2.05) is 0 Å². The van der Waals surface area contributed by atoms with Gasteiger partial charge in [-0.05, 0) is 25.0 Å². The maximum atomic E-state index is 3.63. The Labute approximate surface area is 163 Å². The fourth-order valence-electron chi connectivity index (χ4n) is 3.44. The van der Waals surface area contributed by atoms with E-state index in [2.05, 4.69) is 54.6 Å². The lowest BCUT2D eigenvalue weighted by molar-refractivity contribution is 0.309. The second kappa shape index (κ2) is 17.4. The van der Waals surface area contributed by atoms with Crippen molar-refractivity contribution in [1.29, 1.82) is 0 Å². The third kappa shape index (κ3) is 13.2. The van der Waals surface area contributed by atoms with Gasteiger partial charge in [0.05, 0.1) is 0 Å². The monoisotopic (exact) mass is 360 g/mol. The van der Waals surface area contributed by atoms with Gasteiger partial charge in [0.2, 0.25) is 0 Å². The lowest BCUT2D eigenvalue weighted by Crippen LogP contribution is -2.32. The molecule has 26 heavy (non-hydrogen) atoms. The van der Waals surface area contributed by atoms with Crippen LogP contribution in [0, 0.1) is 0 Å². The summed E-state index contributed by atoms with van der Waals surface area (Å²) < 4.78 is 0. The summed E-state index contributed by atoms with van der Waals surface area (Å²) in [7, 11) is 0. The summed E-state index contributed by atoms with van der Waals surface area (Å²) in [6, 6.07) is 10.6. The fraction of sp³-hybridized carbons (Fsp3) is 0.750. The molecule has 2 nitrogen and oxygen atoms in total. The highest BCUT2D eigenvalue weighted by Gasteiger charge is 2.05. The zero-order valence-electron chi connectivity index (χ0n) is 17.6. The summed E-state index contributed by atoms with van der Waals surface area (Å²) in [4.78, 5) is 0. The van der Waals surface area contributed by atoms with Crippen molar-refractivity contribution < 1.29 is 0 Å². The maximum absolute atomic E-state index is 3.63. The first-order chi connectivity index (χ1) is 12.9. The van der Waals surface area contributed by atoms with Crippen LogP contribution in [0.15, 0.2) is 30.3 Å². The molecular formula is C24H44N2. The lowest BCUT2D eigenvalue weighted by atomic mass is 10.1. The van der Waals surface area contributed by atoms with Crippen molar-refractivity contribution in [3.63, 3.8) is 0 Å². The maximum Gasteiger partial charge on any atom is 0.0490 e. The molecule has 0 spiro atoms. The summed E-state index contributed by atoms with van der Waals surface area (Å²) in [5, 5.41) is 2.45. The Balaban J connectivity index is 2.21. The SMILES string of the molecule is CCCCCCCCCN(CCCCCCCCC)Nc1ccccc1. The average Bonchev–Trinajstić information content (AvgIpc) is 2.67. The molecule has 1 aromatic carbocycles. The van der Waals surface area contributed by atoms with E-state index in [0.717, 1.165) is 0 Å². The minimum Gasteiger partial charge on any atom is -0.319 e. The largest absolute Gasteiger partial charge is 0.319 e. The Morgan fingerprint density at radius 2 is 1.00 bits per heavy atom. The van der Waals surface area contributed by atoms with Crippen LogP contribution >= 0.6 is 0 Å². The number of hydrogen-bond acceptors (Lipinski definition) is 2. The molecule has 0 aliphatic rings. The van der Waals surface area contributed by atoms with Crippen molar-refractivity contribution in [3.8, 4) is 0 Å². The second-order valence-corrected chi connectivity index (χ2v) is 7.71. The fourth-order valence-corrected chi connectivity index (χ4v) is 3.44. The molecular weight excluding hydrogens is 316 g/mol. The molecule has 1 aromatic rings. The molecule has 2 heteroatoms. The number of unbranched alkanes of at least 4 members (excludes halogenated alkanes) is 12. The molecule has 1 N–H and O–H groups in total. The predicted octanol–water partition coefficient (Wildman–Crippen LogP) is 7.82. The molecule has 1 rings (SSSR count). The van der Waals surface area contributed by atoms with Gasteiger partial charge in [0.25, 0.3) is 0 Å². The van der Waals surface area contributed by atoms with Crippen LogP contribution < -0.4 is 5.43 Å². The number of anilines is 1. The molecule has 0 heterocycles. The van der Waals surface area contributed by atoms with E-state index in [-0.39, 0.29) is 0 Å². The quantitative estimate of drug-likeness (QED) is 0.212. The van der Waals surface area contributed by atoms with Gasteiger partial charge >= 0.3 is 0 Å². The summed E-state index contributed by atoms with van der Waals surface area (Å²) in [5.74, 6) is 0. The summed E-state index contributed by atoms with van der Waals surface area (Å²) in [6.07, 6.45) is 19.3. The van der Waals surface area contributed by atoms with Gasteiger partial charge in [0, 0.05) is 18.8 Å². The van der Waals surface area contributed by atoms with Gasteiger partial charge in [-0.2, -0.15) is 0 Å². The van der Waals surface area contributed by atoms with Crippen LogP contribution in [-0.4, -0.2) is 18.1 Å². The van der Waals surface area contributed by atoms with Gasteiger partial charge in [0.1, 0.15) is 0 Å². The normalized spacial score (nSPS) is 11.2. The smallest absolute Gasteiger partial charge is 0.0490 e. The van der Waals surface area contributed by atoms with Crippen molar-refractivity contribution in [3.05, 3.63) is 30.3 Å². The van der Waals surface area contributed by atoms with Crippen molar-refractivity contribution >= 4 is 5.69 Å². The number of hydrogen-bond donors (Lipinski definition) is 1. The van der Waals surface area contributed by atoms with Gasteiger partial charge in [-0.3, -0.25) is 0 Å². The standard InChI is InChI=1S/C24H44N2/c1-3-5-7-9-11-13-18-22-26(25-24-20-16-15-17-21-24)23-19-14-12-10-8-6-4-2/h15-17,20-21,25H,3-14,18-19,22-23H2,1-2H3. The highest BCUT2D eigenvalue weighted by Crippen LogP contribution is 2.12.